The number of halogens is 3. The van der Waals surface area contributed by atoms with Crippen LogP contribution in [0.25, 0.3) is 0 Å². The van der Waals surface area contributed by atoms with Gasteiger partial charge in [0, 0.05) is 23.4 Å². The fraction of sp³-hybridized carbons (Fsp3) is 0.235. The zero-order chi connectivity index (χ0) is 19.1. The zero-order valence-electron chi connectivity index (χ0n) is 14.0. The number of amides is 1. The summed E-state index contributed by atoms with van der Waals surface area (Å²) >= 11 is 0. The number of carbonyl (C=O) groups is 1. The molecule has 0 radical (unpaired) electrons. The number of nitrogens with two attached hydrogens (primary N) is 1. The van der Waals surface area contributed by atoms with E-state index in [0.717, 1.165) is 6.07 Å². The Kier molecular flexibility index (Phi) is 4.31. The minimum atomic E-state index is -2.97. The van der Waals surface area contributed by atoms with Gasteiger partial charge in [-0.15, -0.1) is 0 Å². The van der Waals surface area contributed by atoms with E-state index in [2.05, 4.69) is 14.7 Å². The van der Waals surface area contributed by atoms with Gasteiger partial charge in [0.1, 0.15) is 5.75 Å². The maximum absolute atomic E-state index is 13.7. The number of hydrogen-bond donors (Lipinski definition) is 2. The van der Waals surface area contributed by atoms with Gasteiger partial charge >= 0.3 is 18.5 Å². The zero-order valence-corrected chi connectivity index (χ0v) is 14.0. The van der Waals surface area contributed by atoms with Gasteiger partial charge in [0.2, 0.25) is 11.5 Å². The number of nitrogens with one attached hydrogen (secondary N) is 1. The normalized spacial score (nSPS) is 19.8. The Bertz CT molecular complexity index is 903. The average molecular weight is 365 g/mol. The number of aryl methyl sites for hydroxylation is 1. The first-order valence-corrected chi connectivity index (χ1v) is 7.62. The van der Waals surface area contributed by atoms with Gasteiger partial charge in [0.25, 0.3) is 0 Å². The lowest BCUT2D eigenvalue weighted by Gasteiger charge is -2.24. The van der Waals surface area contributed by atoms with Gasteiger partial charge in [-0.3, -0.25) is 15.5 Å². The van der Waals surface area contributed by atoms with Crippen LogP contribution >= 0.6 is 0 Å². The lowest BCUT2D eigenvalue weighted by atomic mass is 9.82. The number of nitrogens with zero attached hydrogens (tertiary/aromatic N) is 2. The molecule has 1 aromatic heterocycles. The molecule has 1 aliphatic heterocycles. The van der Waals surface area contributed by atoms with Crippen LogP contribution in [0.1, 0.15) is 16.7 Å². The van der Waals surface area contributed by atoms with E-state index in [1.54, 1.807) is 6.92 Å². The van der Waals surface area contributed by atoms with Crippen LogP contribution in [0.15, 0.2) is 36.5 Å². The summed E-state index contributed by atoms with van der Waals surface area (Å²) in [5, 5.41) is 0. The highest BCUT2D eigenvalue weighted by atomic mass is 19.3. The minimum absolute atomic E-state index is 0.0180. The Morgan fingerprint density at radius 1 is 1.27 bits per heavy atom. The Labute approximate surface area is 147 Å². The van der Waals surface area contributed by atoms with Crippen molar-refractivity contribution in [1.29, 1.82) is 0 Å². The van der Waals surface area contributed by atoms with E-state index in [1.807, 2.05) is 0 Å². The molecule has 2 heterocycles. The van der Waals surface area contributed by atoms with Crippen molar-refractivity contribution in [3.8, 4) is 5.75 Å². The molecule has 0 saturated carbocycles. The van der Waals surface area contributed by atoms with Gasteiger partial charge < -0.3 is 4.74 Å². The minimum Gasteiger partial charge on any atom is -0.435 e. The van der Waals surface area contributed by atoms with Crippen molar-refractivity contribution in [2.75, 3.05) is 7.05 Å². The monoisotopic (exact) mass is 365 g/mol. The van der Waals surface area contributed by atoms with Crippen LogP contribution in [0.2, 0.25) is 0 Å². The van der Waals surface area contributed by atoms with E-state index >= 15 is 0 Å². The number of likely N-dealkylation sites (N-methyl/N-ethyl adjacent to an activating group) is 1. The maximum Gasteiger partial charge on any atom is 0.387 e. The molecule has 6 nitrogen and oxygen atoms in total. The lowest BCUT2D eigenvalue weighted by molar-refractivity contribution is -0.525. The summed E-state index contributed by atoms with van der Waals surface area (Å²) < 4.78 is 43.1. The van der Waals surface area contributed by atoms with Crippen molar-refractivity contribution in [2.24, 2.45) is 5.73 Å². The molecule has 2 aromatic rings. The number of carbonyl (C=O) groups excluding carboxylic acids is 1. The number of pyridine rings is 1. The van der Waals surface area contributed by atoms with Crippen molar-refractivity contribution < 1.29 is 27.7 Å². The molecule has 1 amide bonds. The van der Waals surface area contributed by atoms with Crippen LogP contribution in [0, 0.1) is 12.9 Å². The Morgan fingerprint density at radius 3 is 2.50 bits per heavy atom. The second-order valence-corrected chi connectivity index (χ2v) is 5.85. The summed E-state index contributed by atoms with van der Waals surface area (Å²) in [5.41, 5.74) is 5.44. The Morgan fingerprint density at radius 2 is 1.96 bits per heavy atom. The summed E-state index contributed by atoms with van der Waals surface area (Å²) in [6, 6.07) is 6.92. The molecular formula is C17H16F3N4O2+. The molecule has 3 rings (SSSR count). The molecule has 136 valence electrons. The predicted octanol–water partition coefficient (Wildman–Crippen LogP) is 0.241. The van der Waals surface area contributed by atoms with Crippen LogP contribution < -0.4 is 15.5 Å². The highest BCUT2D eigenvalue weighted by Crippen LogP contribution is 2.32. The molecule has 0 aliphatic carbocycles. The highest BCUT2D eigenvalue weighted by molar-refractivity contribution is 6.03. The number of benzene rings is 1. The van der Waals surface area contributed by atoms with E-state index in [4.69, 9.17) is 5.73 Å². The number of rotatable bonds is 4. The van der Waals surface area contributed by atoms with E-state index in [9.17, 15) is 18.0 Å². The first-order valence-electron chi connectivity index (χ1n) is 7.62. The van der Waals surface area contributed by atoms with Crippen molar-refractivity contribution in [3.05, 3.63) is 59.2 Å². The van der Waals surface area contributed by atoms with Crippen LogP contribution in [0.3, 0.4) is 0 Å². The average Bonchev–Trinajstić information content (AvgIpc) is 2.81. The third-order valence-corrected chi connectivity index (χ3v) is 4.29. The van der Waals surface area contributed by atoms with E-state index in [1.165, 1.54) is 42.4 Å². The second-order valence-electron chi connectivity index (χ2n) is 5.85. The van der Waals surface area contributed by atoms with Gasteiger partial charge in [-0.25, -0.2) is 9.88 Å². The van der Waals surface area contributed by atoms with Crippen molar-refractivity contribution in [2.45, 2.75) is 19.1 Å². The molecule has 0 bridgehead atoms. The fourth-order valence-electron chi connectivity index (χ4n) is 2.99. The van der Waals surface area contributed by atoms with Gasteiger partial charge in [-0.1, -0.05) is 6.07 Å². The van der Waals surface area contributed by atoms with Crippen LogP contribution in [-0.2, 0) is 10.3 Å². The molecule has 1 aliphatic rings. The molecule has 1 aromatic carbocycles. The maximum atomic E-state index is 13.7. The molecule has 0 saturated heterocycles. The number of aromatic nitrogens is 1. The summed E-state index contributed by atoms with van der Waals surface area (Å²) in [7, 11) is 1.48. The molecule has 9 heteroatoms. The van der Waals surface area contributed by atoms with Gasteiger partial charge in [-0.05, 0) is 30.7 Å². The Balaban J connectivity index is 2.21. The van der Waals surface area contributed by atoms with E-state index in [-0.39, 0.29) is 17.3 Å². The standard InChI is InChI=1S/C17H15F3N4O2/c1-9-7-10(3-4-12(9)26-15(19)20)17(11-5-6-22-13(18)8-11)14(25)24(2)16(21)23-17/h3-8,15H,1-2H3,(H2,21,23)/p+1. The van der Waals surface area contributed by atoms with Crippen molar-refractivity contribution in [3.63, 3.8) is 0 Å². The molecule has 0 spiro atoms. The topological polar surface area (TPSA) is 82.4 Å². The number of alkyl halides is 2. The SMILES string of the molecule is Cc1cc(C2(c3ccnc(F)c3)[NH+]=C(N)N(C)C2=O)ccc1OC(F)F. The summed E-state index contributed by atoms with van der Waals surface area (Å²) in [6.45, 7) is -1.40. The van der Waals surface area contributed by atoms with Crippen molar-refractivity contribution >= 4 is 11.9 Å². The summed E-state index contributed by atoms with van der Waals surface area (Å²) in [5.74, 6) is -1.14. The van der Waals surface area contributed by atoms with E-state index in [0.29, 0.717) is 11.1 Å². The van der Waals surface area contributed by atoms with Gasteiger partial charge in [-0.2, -0.15) is 13.2 Å². The van der Waals surface area contributed by atoms with Crippen molar-refractivity contribution in [1.82, 2.24) is 9.88 Å². The third-order valence-electron chi connectivity index (χ3n) is 4.29. The summed E-state index contributed by atoms with van der Waals surface area (Å²) in [4.78, 5) is 20.6. The van der Waals surface area contributed by atoms with Crippen LogP contribution in [-0.4, -0.2) is 35.4 Å². The third kappa shape index (κ3) is 2.75. The summed E-state index contributed by atoms with van der Waals surface area (Å²) in [6.07, 6.45) is 1.23. The van der Waals surface area contributed by atoms with Gasteiger partial charge in [0.05, 0.1) is 7.05 Å². The molecule has 26 heavy (non-hydrogen) atoms. The van der Waals surface area contributed by atoms with Crippen LogP contribution in [0.5, 0.6) is 5.75 Å². The smallest absolute Gasteiger partial charge is 0.387 e. The first kappa shape index (κ1) is 17.7. The van der Waals surface area contributed by atoms with E-state index < -0.39 is 24.0 Å². The first-order chi connectivity index (χ1) is 12.3. The van der Waals surface area contributed by atoms with Gasteiger partial charge in [0.15, 0.2) is 0 Å². The molecular weight excluding hydrogens is 349 g/mol. The Hall–Kier alpha value is -3.10. The molecule has 1 atom stereocenters. The predicted molar refractivity (Wildman–Crippen MR) is 85.7 cm³/mol. The number of hydrogen-bond acceptors (Lipinski definition) is 4. The number of ether oxygens (including phenoxy) is 1. The molecule has 3 N–H and O–H groups in total. The molecule has 1 unspecified atom stereocenters. The second kappa shape index (κ2) is 6.32. The number of guanidine groups is 1. The highest BCUT2D eigenvalue weighted by Gasteiger charge is 2.54. The van der Waals surface area contributed by atoms with Crippen LogP contribution in [0.4, 0.5) is 13.2 Å². The lowest BCUT2D eigenvalue weighted by Crippen LogP contribution is -2.85. The quantitative estimate of drug-likeness (QED) is 0.761. The molecule has 0 fully saturated rings. The fourth-order valence-corrected chi connectivity index (χ4v) is 2.99. The largest absolute Gasteiger partial charge is 0.435 e.